The molecule has 0 saturated carbocycles. The van der Waals surface area contributed by atoms with Crippen LogP contribution in [0.2, 0.25) is 10.0 Å². The molecule has 2 rings (SSSR count). The minimum atomic E-state index is -0.514. The Hall–Kier alpha value is -1.04. The van der Waals surface area contributed by atoms with E-state index in [-0.39, 0.29) is 15.7 Å². The van der Waals surface area contributed by atoms with E-state index < -0.39 is 4.92 Å². The first-order valence-corrected chi connectivity index (χ1v) is 6.44. The van der Waals surface area contributed by atoms with Gasteiger partial charge in [-0.15, -0.1) is 0 Å². The summed E-state index contributed by atoms with van der Waals surface area (Å²) in [4.78, 5) is 10.1. The molecule has 7 heteroatoms. The van der Waals surface area contributed by atoms with E-state index in [4.69, 9.17) is 23.2 Å². The molecule has 1 aromatic carbocycles. The zero-order valence-electron chi connectivity index (χ0n) is 9.58. The van der Waals surface area contributed by atoms with Crippen LogP contribution in [0.25, 0.3) is 0 Å². The number of nitro benzene ring substituents is 1. The van der Waals surface area contributed by atoms with Gasteiger partial charge in [0.1, 0.15) is 0 Å². The first kappa shape index (κ1) is 13.4. The number of nitro groups is 1. The van der Waals surface area contributed by atoms with Gasteiger partial charge in [-0.1, -0.05) is 23.2 Å². The van der Waals surface area contributed by atoms with Gasteiger partial charge >= 0.3 is 0 Å². The van der Waals surface area contributed by atoms with Crippen molar-refractivity contribution in [2.45, 2.75) is 18.9 Å². The lowest BCUT2D eigenvalue weighted by Gasteiger charge is -2.14. The summed E-state index contributed by atoms with van der Waals surface area (Å²) in [5.41, 5.74) is 0.451. The fraction of sp³-hybridized carbons (Fsp3) is 0.455. The number of rotatable bonds is 4. The van der Waals surface area contributed by atoms with Gasteiger partial charge in [-0.3, -0.25) is 10.1 Å². The van der Waals surface area contributed by atoms with Crippen molar-refractivity contribution < 1.29 is 4.92 Å². The lowest BCUT2D eigenvalue weighted by molar-refractivity contribution is -0.384. The highest BCUT2D eigenvalue weighted by atomic mass is 35.5. The van der Waals surface area contributed by atoms with Gasteiger partial charge in [0.15, 0.2) is 0 Å². The third-order valence-electron chi connectivity index (χ3n) is 2.93. The third-order valence-corrected chi connectivity index (χ3v) is 3.52. The van der Waals surface area contributed by atoms with Crippen molar-refractivity contribution in [3.8, 4) is 0 Å². The van der Waals surface area contributed by atoms with Gasteiger partial charge in [0.25, 0.3) is 5.69 Å². The fourth-order valence-electron chi connectivity index (χ4n) is 1.99. The van der Waals surface area contributed by atoms with E-state index in [9.17, 15) is 10.1 Å². The molecule has 0 spiro atoms. The highest BCUT2D eigenvalue weighted by molar-refractivity contribution is 6.39. The van der Waals surface area contributed by atoms with Gasteiger partial charge in [-0.25, -0.2) is 0 Å². The molecule has 0 radical (unpaired) electrons. The van der Waals surface area contributed by atoms with Crippen LogP contribution in [-0.2, 0) is 0 Å². The Morgan fingerprint density at radius 2 is 2.11 bits per heavy atom. The number of non-ortho nitro benzene ring substituents is 1. The highest BCUT2D eigenvalue weighted by Crippen LogP contribution is 2.34. The van der Waals surface area contributed by atoms with Crippen LogP contribution >= 0.6 is 23.2 Å². The van der Waals surface area contributed by atoms with Gasteiger partial charge in [0.05, 0.1) is 20.7 Å². The second-order valence-electron chi connectivity index (χ2n) is 4.22. The Balaban J connectivity index is 2.10. The van der Waals surface area contributed by atoms with Crippen molar-refractivity contribution in [1.82, 2.24) is 5.32 Å². The molecule has 1 aliphatic heterocycles. The largest absolute Gasteiger partial charge is 0.381 e. The average molecular weight is 290 g/mol. The van der Waals surface area contributed by atoms with Crippen molar-refractivity contribution >= 4 is 34.6 Å². The van der Waals surface area contributed by atoms with E-state index in [1.54, 1.807) is 0 Å². The number of anilines is 1. The molecule has 1 heterocycles. The van der Waals surface area contributed by atoms with E-state index >= 15 is 0 Å². The molecule has 1 aliphatic rings. The smallest absolute Gasteiger partial charge is 0.272 e. The van der Waals surface area contributed by atoms with Crippen LogP contribution < -0.4 is 10.6 Å². The first-order chi connectivity index (χ1) is 8.58. The maximum absolute atomic E-state index is 10.6. The van der Waals surface area contributed by atoms with Crippen molar-refractivity contribution in [2.75, 3.05) is 18.4 Å². The zero-order valence-corrected chi connectivity index (χ0v) is 11.1. The molecular formula is C11H13Cl2N3O2. The summed E-state index contributed by atoms with van der Waals surface area (Å²) in [7, 11) is 0. The van der Waals surface area contributed by atoms with E-state index in [0.717, 1.165) is 19.4 Å². The van der Waals surface area contributed by atoms with Gasteiger partial charge in [0, 0.05) is 24.7 Å². The molecule has 2 N–H and O–H groups in total. The molecule has 18 heavy (non-hydrogen) atoms. The number of benzene rings is 1. The van der Waals surface area contributed by atoms with Crippen LogP contribution in [0.1, 0.15) is 12.8 Å². The second kappa shape index (κ2) is 5.73. The standard InChI is InChI=1S/C11H13Cl2N3O2/c12-9-4-8(16(17)18)5-10(13)11(9)15-6-7-2-1-3-14-7/h4-5,7,14-15H,1-3,6H2. The predicted octanol–water partition coefficient (Wildman–Crippen LogP) is 3.07. The van der Waals surface area contributed by atoms with Gasteiger partial charge < -0.3 is 10.6 Å². The molecule has 5 nitrogen and oxygen atoms in total. The van der Waals surface area contributed by atoms with Crippen LogP contribution in [0.3, 0.4) is 0 Å². The summed E-state index contributed by atoms with van der Waals surface area (Å²) in [6.07, 6.45) is 2.27. The lowest BCUT2D eigenvalue weighted by atomic mass is 10.2. The summed E-state index contributed by atoms with van der Waals surface area (Å²) in [5.74, 6) is 0. The zero-order chi connectivity index (χ0) is 13.1. The van der Waals surface area contributed by atoms with Crippen molar-refractivity contribution in [2.24, 2.45) is 0 Å². The van der Waals surface area contributed by atoms with E-state index in [1.807, 2.05) is 0 Å². The minimum absolute atomic E-state index is 0.102. The topological polar surface area (TPSA) is 67.2 Å². The molecule has 1 saturated heterocycles. The van der Waals surface area contributed by atoms with E-state index in [2.05, 4.69) is 10.6 Å². The summed E-state index contributed by atoms with van der Waals surface area (Å²) in [5, 5.41) is 17.7. The van der Waals surface area contributed by atoms with Gasteiger partial charge in [-0.05, 0) is 19.4 Å². The first-order valence-electron chi connectivity index (χ1n) is 5.68. The number of nitrogens with one attached hydrogen (secondary N) is 2. The molecule has 1 aromatic rings. The Morgan fingerprint density at radius 1 is 1.44 bits per heavy atom. The predicted molar refractivity (Wildman–Crippen MR) is 72.6 cm³/mol. The molecule has 0 bridgehead atoms. The number of halogens is 2. The Labute approximate surface area is 115 Å². The fourth-order valence-corrected chi connectivity index (χ4v) is 2.60. The average Bonchev–Trinajstić information content (AvgIpc) is 2.80. The van der Waals surface area contributed by atoms with Crippen LogP contribution in [0.4, 0.5) is 11.4 Å². The summed E-state index contributed by atoms with van der Waals surface area (Å²) in [6.45, 7) is 1.73. The Kier molecular flexibility index (Phi) is 4.27. The highest BCUT2D eigenvalue weighted by Gasteiger charge is 2.17. The molecule has 0 aromatic heterocycles. The van der Waals surface area contributed by atoms with Crippen LogP contribution in [-0.4, -0.2) is 24.1 Å². The molecular weight excluding hydrogens is 277 g/mol. The SMILES string of the molecule is O=[N+]([O-])c1cc(Cl)c(NCC2CCCN2)c(Cl)c1. The maximum atomic E-state index is 10.6. The minimum Gasteiger partial charge on any atom is -0.381 e. The van der Waals surface area contributed by atoms with Crippen molar-refractivity contribution in [3.05, 3.63) is 32.3 Å². The Morgan fingerprint density at radius 3 is 2.61 bits per heavy atom. The number of hydrogen-bond donors (Lipinski definition) is 2. The number of hydrogen-bond acceptors (Lipinski definition) is 4. The molecule has 0 amide bonds. The number of nitrogens with zero attached hydrogens (tertiary/aromatic N) is 1. The summed E-state index contributed by atoms with van der Waals surface area (Å²) >= 11 is 12.0. The quantitative estimate of drug-likeness (QED) is 0.660. The van der Waals surface area contributed by atoms with Crippen LogP contribution in [0.15, 0.2) is 12.1 Å². The Bertz CT molecular complexity index is 439. The summed E-state index contributed by atoms with van der Waals surface area (Å²) in [6, 6.07) is 3.00. The van der Waals surface area contributed by atoms with Crippen molar-refractivity contribution in [3.63, 3.8) is 0 Å². The second-order valence-corrected chi connectivity index (χ2v) is 5.03. The van der Waals surface area contributed by atoms with E-state index in [1.165, 1.54) is 12.1 Å². The van der Waals surface area contributed by atoms with Crippen LogP contribution in [0, 0.1) is 10.1 Å². The maximum Gasteiger partial charge on any atom is 0.272 e. The van der Waals surface area contributed by atoms with Gasteiger partial charge in [0.2, 0.25) is 0 Å². The molecule has 0 aliphatic carbocycles. The van der Waals surface area contributed by atoms with Crippen molar-refractivity contribution in [1.29, 1.82) is 0 Å². The third kappa shape index (κ3) is 3.04. The lowest BCUT2D eigenvalue weighted by Crippen LogP contribution is -2.29. The molecule has 1 unspecified atom stereocenters. The van der Waals surface area contributed by atoms with E-state index in [0.29, 0.717) is 18.3 Å². The molecule has 98 valence electrons. The van der Waals surface area contributed by atoms with Gasteiger partial charge in [-0.2, -0.15) is 0 Å². The molecule has 1 atom stereocenters. The molecule has 1 fully saturated rings. The summed E-state index contributed by atoms with van der Waals surface area (Å²) < 4.78 is 0. The normalized spacial score (nSPS) is 18.9. The van der Waals surface area contributed by atoms with Crippen LogP contribution in [0.5, 0.6) is 0 Å². The monoisotopic (exact) mass is 289 g/mol.